The van der Waals surface area contributed by atoms with Crippen molar-refractivity contribution in [3.8, 4) is 0 Å². The molecule has 0 radical (unpaired) electrons. The highest BCUT2D eigenvalue weighted by atomic mass is 16.5. The number of hydrogen-bond donors (Lipinski definition) is 1. The zero-order valence-corrected chi connectivity index (χ0v) is 16.8. The Morgan fingerprint density at radius 2 is 1.28 bits per heavy atom. The highest BCUT2D eigenvalue weighted by molar-refractivity contribution is 5.69. The van der Waals surface area contributed by atoms with Gasteiger partial charge < -0.3 is 10.5 Å². The monoisotopic (exact) mass is 353 g/mol. The van der Waals surface area contributed by atoms with E-state index < -0.39 is 0 Å². The summed E-state index contributed by atoms with van der Waals surface area (Å²) in [4.78, 5) is 11.3. The maximum atomic E-state index is 11.3. The third-order valence-corrected chi connectivity index (χ3v) is 4.50. The van der Waals surface area contributed by atoms with Gasteiger partial charge in [-0.15, -0.1) is 0 Å². The van der Waals surface area contributed by atoms with Crippen LogP contribution in [0, 0.1) is 0 Å². The van der Waals surface area contributed by atoms with Crippen LogP contribution in [0.1, 0.15) is 110 Å². The molecule has 0 aromatic heterocycles. The van der Waals surface area contributed by atoms with Crippen molar-refractivity contribution in [3.63, 3.8) is 0 Å². The van der Waals surface area contributed by atoms with Gasteiger partial charge in [-0.25, -0.2) is 0 Å². The maximum Gasteiger partial charge on any atom is 0.305 e. The van der Waals surface area contributed by atoms with Crippen LogP contribution in [0.2, 0.25) is 0 Å². The lowest BCUT2D eigenvalue weighted by Gasteiger charge is -2.04. The van der Waals surface area contributed by atoms with E-state index >= 15 is 0 Å². The van der Waals surface area contributed by atoms with E-state index in [9.17, 15) is 4.79 Å². The third kappa shape index (κ3) is 21.1. The maximum absolute atomic E-state index is 11.3. The van der Waals surface area contributed by atoms with Crippen LogP contribution in [0.4, 0.5) is 0 Å². The first-order valence-electron chi connectivity index (χ1n) is 10.8. The minimum absolute atomic E-state index is 0.0989. The fraction of sp³-hybridized carbons (Fsp3) is 0.864. The van der Waals surface area contributed by atoms with Crippen LogP contribution in [0.25, 0.3) is 0 Å². The van der Waals surface area contributed by atoms with Crippen molar-refractivity contribution < 1.29 is 9.53 Å². The molecule has 0 aliphatic heterocycles. The molecular formula is C22H43NO2. The summed E-state index contributed by atoms with van der Waals surface area (Å²) in [5, 5.41) is 0. The third-order valence-electron chi connectivity index (χ3n) is 4.50. The normalized spacial score (nSPS) is 11.3. The number of esters is 1. The summed E-state index contributed by atoms with van der Waals surface area (Å²) in [7, 11) is 0. The summed E-state index contributed by atoms with van der Waals surface area (Å²) in [5.41, 5.74) is 5.36. The second kappa shape index (κ2) is 21.2. The molecule has 0 saturated heterocycles. The fourth-order valence-corrected chi connectivity index (χ4v) is 2.85. The Bertz CT molecular complexity index is 302. The molecule has 3 nitrogen and oxygen atoms in total. The molecule has 148 valence electrons. The predicted octanol–water partition coefficient (Wildman–Crippen LogP) is 6.31. The van der Waals surface area contributed by atoms with E-state index in [0.717, 1.165) is 19.3 Å². The quantitative estimate of drug-likeness (QED) is 0.168. The fourth-order valence-electron chi connectivity index (χ4n) is 2.85. The van der Waals surface area contributed by atoms with E-state index in [4.69, 9.17) is 10.5 Å². The molecule has 0 fully saturated rings. The number of nitrogens with two attached hydrogens (primary N) is 1. The summed E-state index contributed by atoms with van der Waals surface area (Å²) < 4.78 is 5.16. The van der Waals surface area contributed by atoms with Crippen LogP contribution in [0.3, 0.4) is 0 Å². The van der Waals surface area contributed by atoms with Crippen LogP contribution in [0.15, 0.2) is 12.2 Å². The zero-order valence-electron chi connectivity index (χ0n) is 16.8. The van der Waals surface area contributed by atoms with E-state index in [0.29, 0.717) is 19.6 Å². The summed E-state index contributed by atoms with van der Waals surface area (Å²) in [6, 6.07) is 0. The van der Waals surface area contributed by atoms with E-state index in [-0.39, 0.29) is 5.97 Å². The number of hydrogen-bond acceptors (Lipinski definition) is 3. The van der Waals surface area contributed by atoms with Gasteiger partial charge in [-0.2, -0.15) is 0 Å². The van der Waals surface area contributed by atoms with Crippen LogP contribution in [0.5, 0.6) is 0 Å². The lowest BCUT2D eigenvalue weighted by Crippen LogP contribution is -2.08. The van der Waals surface area contributed by atoms with E-state index in [2.05, 4.69) is 19.1 Å². The van der Waals surface area contributed by atoms with Gasteiger partial charge in [-0.3, -0.25) is 4.79 Å². The van der Waals surface area contributed by atoms with Gasteiger partial charge in [0, 0.05) is 6.42 Å². The molecule has 0 heterocycles. The summed E-state index contributed by atoms with van der Waals surface area (Å²) >= 11 is 0. The van der Waals surface area contributed by atoms with Gasteiger partial charge in [0.1, 0.15) is 0 Å². The van der Waals surface area contributed by atoms with Gasteiger partial charge in [-0.1, -0.05) is 76.9 Å². The largest absolute Gasteiger partial charge is 0.466 e. The molecule has 0 atom stereocenters. The molecular weight excluding hydrogens is 310 g/mol. The molecule has 2 N–H and O–H groups in total. The topological polar surface area (TPSA) is 52.3 Å². The van der Waals surface area contributed by atoms with Crippen molar-refractivity contribution in [3.05, 3.63) is 12.2 Å². The molecule has 0 aromatic rings. The van der Waals surface area contributed by atoms with Crippen LogP contribution >= 0.6 is 0 Å². The van der Waals surface area contributed by atoms with Crippen molar-refractivity contribution in [2.24, 2.45) is 5.73 Å². The second-order valence-electron chi connectivity index (χ2n) is 7.05. The molecule has 0 rings (SSSR count). The Balaban J connectivity index is 3.13. The SMILES string of the molecule is CCCCCCCC/C=C\CCCCCCCCOC(=O)CCCN. The van der Waals surface area contributed by atoms with Crippen molar-refractivity contribution >= 4 is 5.97 Å². The van der Waals surface area contributed by atoms with Crippen molar-refractivity contribution in [2.45, 2.75) is 110 Å². The number of rotatable bonds is 19. The standard InChI is InChI=1S/C22H43NO2/c1-2-3-4-5-6-7-8-9-10-11-12-13-14-15-16-17-21-25-22(24)19-18-20-23/h9-10H,2-8,11-21,23H2,1H3/b10-9-. The van der Waals surface area contributed by atoms with Crippen LogP contribution in [-0.2, 0) is 9.53 Å². The molecule has 0 amide bonds. The Morgan fingerprint density at radius 3 is 1.84 bits per heavy atom. The van der Waals surface area contributed by atoms with Crippen molar-refractivity contribution in [1.29, 1.82) is 0 Å². The minimum Gasteiger partial charge on any atom is -0.466 e. The van der Waals surface area contributed by atoms with E-state index in [1.807, 2.05) is 0 Å². The van der Waals surface area contributed by atoms with Crippen molar-refractivity contribution in [2.75, 3.05) is 13.2 Å². The first-order valence-corrected chi connectivity index (χ1v) is 10.8. The van der Waals surface area contributed by atoms with Crippen LogP contribution in [-0.4, -0.2) is 19.1 Å². The average molecular weight is 354 g/mol. The highest BCUT2D eigenvalue weighted by Gasteiger charge is 2.00. The number of allylic oxidation sites excluding steroid dienone is 2. The molecule has 0 bridgehead atoms. The predicted molar refractivity (Wildman–Crippen MR) is 109 cm³/mol. The number of carbonyl (C=O) groups excluding carboxylic acids is 1. The molecule has 25 heavy (non-hydrogen) atoms. The summed E-state index contributed by atoms with van der Waals surface area (Å²) in [6.45, 7) is 3.40. The Hall–Kier alpha value is -0.830. The van der Waals surface area contributed by atoms with Gasteiger partial charge in [0.05, 0.1) is 6.61 Å². The lowest BCUT2D eigenvalue weighted by atomic mass is 10.1. The zero-order chi connectivity index (χ0) is 18.4. The second-order valence-corrected chi connectivity index (χ2v) is 7.05. The molecule has 0 aliphatic carbocycles. The Kier molecular flexibility index (Phi) is 20.5. The lowest BCUT2D eigenvalue weighted by molar-refractivity contribution is -0.143. The first kappa shape index (κ1) is 24.2. The summed E-state index contributed by atoms with van der Waals surface area (Å²) in [6.07, 6.45) is 24.1. The molecule has 0 saturated carbocycles. The van der Waals surface area contributed by atoms with Crippen LogP contribution < -0.4 is 5.73 Å². The van der Waals surface area contributed by atoms with Crippen molar-refractivity contribution in [1.82, 2.24) is 0 Å². The first-order chi connectivity index (χ1) is 12.3. The van der Waals surface area contributed by atoms with E-state index in [1.165, 1.54) is 77.0 Å². The summed E-state index contributed by atoms with van der Waals surface area (Å²) in [5.74, 6) is -0.0989. The number of ether oxygens (including phenoxy) is 1. The van der Waals surface area contributed by atoms with Gasteiger partial charge in [0.15, 0.2) is 0 Å². The molecule has 0 aromatic carbocycles. The average Bonchev–Trinajstić information content (AvgIpc) is 2.62. The number of unbranched alkanes of at least 4 members (excludes halogenated alkanes) is 12. The Morgan fingerprint density at radius 1 is 0.760 bits per heavy atom. The molecule has 0 spiro atoms. The Labute approximate surface area is 156 Å². The highest BCUT2D eigenvalue weighted by Crippen LogP contribution is 2.10. The molecule has 0 aliphatic rings. The van der Waals surface area contributed by atoms with E-state index in [1.54, 1.807) is 0 Å². The van der Waals surface area contributed by atoms with Gasteiger partial charge >= 0.3 is 5.97 Å². The molecule has 0 unspecified atom stereocenters. The number of carbonyl (C=O) groups is 1. The van der Waals surface area contributed by atoms with Gasteiger partial charge in [-0.05, 0) is 45.1 Å². The smallest absolute Gasteiger partial charge is 0.305 e. The minimum atomic E-state index is -0.0989. The van der Waals surface area contributed by atoms with Gasteiger partial charge in [0.25, 0.3) is 0 Å². The van der Waals surface area contributed by atoms with Gasteiger partial charge in [0.2, 0.25) is 0 Å². The molecule has 3 heteroatoms.